The highest BCUT2D eigenvalue weighted by Crippen LogP contribution is 2.13. The molecule has 0 N–H and O–H groups in total. The average molecular weight is 255 g/mol. The van der Waals surface area contributed by atoms with Crippen LogP contribution in [0.4, 0.5) is 5.69 Å². The Hall–Kier alpha value is -2.29. The summed E-state index contributed by atoms with van der Waals surface area (Å²) in [5.74, 6) is -0.297. The summed E-state index contributed by atoms with van der Waals surface area (Å²) in [5.41, 5.74) is 2.61. The second-order valence-electron chi connectivity index (χ2n) is 4.50. The summed E-state index contributed by atoms with van der Waals surface area (Å²) in [4.78, 5) is 13.8. The molecule has 0 aliphatic rings. The second kappa shape index (κ2) is 6.05. The van der Waals surface area contributed by atoms with Gasteiger partial charge in [0.15, 0.2) is 0 Å². The first-order valence-electron chi connectivity index (χ1n) is 6.15. The maximum atomic E-state index is 11.9. The lowest BCUT2D eigenvalue weighted by Crippen LogP contribution is -2.09. The molecule has 0 bridgehead atoms. The van der Waals surface area contributed by atoms with Gasteiger partial charge in [0.05, 0.1) is 5.56 Å². The number of carbonyl (C=O) groups is 1. The highest BCUT2D eigenvalue weighted by atomic mass is 16.5. The van der Waals surface area contributed by atoms with E-state index < -0.39 is 0 Å². The van der Waals surface area contributed by atoms with Crippen LogP contribution in [0.25, 0.3) is 0 Å². The van der Waals surface area contributed by atoms with Crippen molar-refractivity contribution in [2.75, 3.05) is 19.0 Å². The number of benzene rings is 2. The summed E-state index contributed by atoms with van der Waals surface area (Å²) in [6, 6.07) is 17.0. The number of hydrogen-bond acceptors (Lipinski definition) is 3. The van der Waals surface area contributed by atoms with Crippen LogP contribution in [0.3, 0.4) is 0 Å². The van der Waals surface area contributed by atoms with Crippen molar-refractivity contribution in [1.82, 2.24) is 0 Å². The van der Waals surface area contributed by atoms with Gasteiger partial charge in [-0.3, -0.25) is 0 Å². The Balaban J connectivity index is 1.96. The standard InChI is InChI=1S/C16H17NO2/c1-17(2)15-10-8-14(9-11-15)16(18)19-12-13-6-4-3-5-7-13/h3-11H,12H2,1-2H3. The third-order valence-electron chi connectivity index (χ3n) is 2.83. The van der Waals surface area contributed by atoms with Gasteiger partial charge in [-0.15, -0.1) is 0 Å². The molecule has 3 heteroatoms. The van der Waals surface area contributed by atoms with Gasteiger partial charge in [0.2, 0.25) is 0 Å². The molecule has 0 aliphatic heterocycles. The Bertz CT molecular complexity index is 532. The van der Waals surface area contributed by atoms with Gasteiger partial charge in [-0.2, -0.15) is 0 Å². The minimum Gasteiger partial charge on any atom is -0.457 e. The van der Waals surface area contributed by atoms with Crippen molar-refractivity contribution in [3.05, 3.63) is 65.7 Å². The predicted octanol–water partition coefficient (Wildman–Crippen LogP) is 3.11. The van der Waals surface area contributed by atoms with Crippen LogP contribution in [0.2, 0.25) is 0 Å². The molecule has 2 aromatic carbocycles. The van der Waals surface area contributed by atoms with Gasteiger partial charge in [-0.05, 0) is 29.8 Å². The number of carbonyl (C=O) groups excluding carboxylic acids is 1. The van der Waals surface area contributed by atoms with E-state index in [1.54, 1.807) is 12.1 Å². The molecule has 0 aliphatic carbocycles. The zero-order valence-corrected chi connectivity index (χ0v) is 11.2. The molecule has 3 nitrogen and oxygen atoms in total. The highest BCUT2D eigenvalue weighted by molar-refractivity contribution is 5.89. The third-order valence-corrected chi connectivity index (χ3v) is 2.83. The van der Waals surface area contributed by atoms with Crippen LogP contribution in [-0.4, -0.2) is 20.1 Å². The number of nitrogens with zero attached hydrogens (tertiary/aromatic N) is 1. The van der Waals surface area contributed by atoms with Gasteiger partial charge < -0.3 is 9.64 Å². The van der Waals surface area contributed by atoms with E-state index in [1.165, 1.54) is 0 Å². The highest BCUT2D eigenvalue weighted by Gasteiger charge is 2.07. The van der Waals surface area contributed by atoms with Crippen molar-refractivity contribution in [3.63, 3.8) is 0 Å². The average Bonchev–Trinajstić information content (AvgIpc) is 2.46. The van der Waals surface area contributed by atoms with Crippen LogP contribution < -0.4 is 4.90 Å². The predicted molar refractivity (Wildman–Crippen MR) is 76.3 cm³/mol. The minimum atomic E-state index is -0.297. The number of rotatable bonds is 4. The van der Waals surface area contributed by atoms with Crippen molar-refractivity contribution >= 4 is 11.7 Å². The molecule has 0 amide bonds. The Kier molecular flexibility index (Phi) is 4.18. The zero-order valence-electron chi connectivity index (χ0n) is 11.2. The van der Waals surface area contributed by atoms with Gasteiger partial charge in [-0.25, -0.2) is 4.79 Å². The van der Waals surface area contributed by atoms with E-state index in [2.05, 4.69) is 0 Å². The van der Waals surface area contributed by atoms with Gasteiger partial charge >= 0.3 is 5.97 Å². The molecular formula is C16H17NO2. The summed E-state index contributed by atoms with van der Waals surface area (Å²) in [7, 11) is 3.92. The van der Waals surface area contributed by atoms with Crippen LogP contribution in [0.1, 0.15) is 15.9 Å². The molecule has 98 valence electrons. The maximum absolute atomic E-state index is 11.9. The molecule has 0 saturated carbocycles. The topological polar surface area (TPSA) is 29.5 Å². The zero-order chi connectivity index (χ0) is 13.7. The summed E-state index contributed by atoms with van der Waals surface area (Å²) in [6.07, 6.45) is 0. The van der Waals surface area contributed by atoms with E-state index in [0.29, 0.717) is 12.2 Å². The van der Waals surface area contributed by atoms with Gasteiger partial charge in [0, 0.05) is 19.8 Å². The minimum absolute atomic E-state index is 0.297. The number of anilines is 1. The van der Waals surface area contributed by atoms with Crippen molar-refractivity contribution in [2.45, 2.75) is 6.61 Å². The van der Waals surface area contributed by atoms with E-state index in [4.69, 9.17) is 4.74 Å². The van der Waals surface area contributed by atoms with Crippen LogP contribution in [0.15, 0.2) is 54.6 Å². The van der Waals surface area contributed by atoms with Gasteiger partial charge in [0.1, 0.15) is 6.61 Å². The van der Waals surface area contributed by atoms with E-state index in [9.17, 15) is 4.79 Å². The fraction of sp³-hybridized carbons (Fsp3) is 0.188. The molecule has 0 radical (unpaired) electrons. The van der Waals surface area contributed by atoms with Crippen LogP contribution in [0, 0.1) is 0 Å². The summed E-state index contributed by atoms with van der Waals surface area (Å²) in [6.45, 7) is 0.301. The van der Waals surface area contributed by atoms with Crippen molar-refractivity contribution < 1.29 is 9.53 Å². The van der Waals surface area contributed by atoms with Gasteiger partial charge in [0.25, 0.3) is 0 Å². The Morgan fingerprint density at radius 1 is 1.00 bits per heavy atom. The Morgan fingerprint density at radius 3 is 2.21 bits per heavy atom. The summed E-state index contributed by atoms with van der Waals surface area (Å²) < 4.78 is 5.26. The molecule has 0 spiro atoms. The molecule has 19 heavy (non-hydrogen) atoms. The van der Waals surface area contributed by atoms with Crippen molar-refractivity contribution in [1.29, 1.82) is 0 Å². The van der Waals surface area contributed by atoms with E-state index in [0.717, 1.165) is 11.3 Å². The Labute approximate surface area is 113 Å². The monoisotopic (exact) mass is 255 g/mol. The molecule has 0 fully saturated rings. The third kappa shape index (κ3) is 3.58. The molecule has 0 saturated heterocycles. The summed E-state index contributed by atoms with van der Waals surface area (Å²) >= 11 is 0. The molecule has 0 atom stereocenters. The van der Waals surface area contributed by atoms with E-state index in [-0.39, 0.29) is 5.97 Å². The lowest BCUT2D eigenvalue weighted by Gasteiger charge is -2.12. The smallest absolute Gasteiger partial charge is 0.338 e. The first kappa shape index (κ1) is 13.1. The van der Waals surface area contributed by atoms with E-state index in [1.807, 2.05) is 61.5 Å². The summed E-state index contributed by atoms with van der Waals surface area (Å²) in [5, 5.41) is 0. The van der Waals surface area contributed by atoms with Crippen LogP contribution in [-0.2, 0) is 11.3 Å². The molecule has 0 aromatic heterocycles. The van der Waals surface area contributed by atoms with Gasteiger partial charge in [-0.1, -0.05) is 30.3 Å². The number of hydrogen-bond donors (Lipinski definition) is 0. The Morgan fingerprint density at radius 2 is 1.63 bits per heavy atom. The maximum Gasteiger partial charge on any atom is 0.338 e. The molecular weight excluding hydrogens is 238 g/mol. The fourth-order valence-electron chi connectivity index (χ4n) is 1.70. The largest absolute Gasteiger partial charge is 0.457 e. The molecule has 0 unspecified atom stereocenters. The molecule has 2 aromatic rings. The fourth-order valence-corrected chi connectivity index (χ4v) is 1.70. The molecule has 0 heterocycles. The first-order valence-corrected chi connectivity index (χ1v) is 6.15. The number of ether oxygens (including phenoxy) is 1. The van der Waals surface area contributed by atoms with Crippen LogP contribution >= 0.6 is 0 Å². The normalized spacial score (nSPS) is 10.0. The lowest BCUT2D eigenvalue weighted by molar-refractivity contribution is 0.0473. The second-order valence-corrected chi connectivity index (χ2v) is 4.50. The quantitative estimate of drug-likeness (QED) is 0.786. The van der Waals surface area contributed by atoms with Crippen molar-refractivity contribution in [2.24, 2.45) is 0 Å². The molecule has 2 rings (SSSR count). The lowest BCUT2D eigenvalue weighted by atomic mass is 10.2. The number of esters is 1. The van der Waals surface area contributed by atoms with E-state index >= 15 is 0 Å². The SMILES string of the molecule is CN(C)c1ccc(C(=O)OCc2ccccc2)cc1. The first-order chi connectivity index (χ1) is 9.16. The van der Waals surface area contributed by atoms with Crippen LogP contribution in [0.5, 0.6) is 0 Å². The van der Waals surface area contributed by atoms with Crippen molar-refractivity contribution in [3.8, 4) is 0 Å².